The molecule has 0 saturated heterocycles. The molecule has 5 nitrogen and oxygen atoms in total. The quantitative estimate of drug-likeness (QED) is 0.391. The number of hydrogen-bond acceptors (Lipinski definition) is 5. The Morgan fingerprint density at radius 2 is 1.96 bits per heavy atom. The van der Waals surface area contributed by atoms with Crippen LogP contribution in [0.15, 0.2) is 48.6 Å². The highest BCUT2D eigenvalue weighted by Crippen LogP contribution is 2.26. The summed E-state index contributed by atoms with van der Waals surface area (Å²) in [5.74, 6) is 0.330. The molecular formula is C19H26O5. The van der Waals surface area contributed by atoms with Crippen LogP contribution in [0.4, 0.5) is 0 Å². The van der Waals surface area contributed by atoms with Crippen LogP contribution in [0.3, 0.4) is 0 Å². The number of carbonyl (C=O) groups is 1. The number of carbonyl (C=O) groups excluding carboxylic acids is 1. The van der Waals surface area contributed by atoms with Crippen LogP contribution in [-0.4, -0.2) is 36.0 Å². The van der Waals surface area contributed by atoms with E-state index in [9.17, 15) is 9.90 Å². The zero-order valence-corrected chi connectivity index (χ0v) is 14.2. The number of esters is 1. The van der Waals surface area contributed by atoms with E-state index in [0.717, 1.165) is 5.56 Å². The van der Waals surface area contributed by atoms with Gasteiger partial charge >= 0.3 is 5.97 Å². The molecule has 5 heteroatoms. The van der Waals surface area contributed by atoms with Gasteiger partial charge in [0.25, 0.3) is 0 Å². The number of allylic oxidation sites excluding steroid dienone is 3. The Balaban J connectivity index is 2.46. The van der Waals surface area contributed by atoms with E-state index in [4.69, 9.17) is 14.6 Å². The van der Waals surface area contributed by atoms with Crippen LogP contribution >= 0.6 is 0 Å². The first-order valence-corrected chi connectivity index (χ1v) is 8.10. The fraction of sp³-hybridized carbons (Fsp3) is 0.421. The second kappa shape index (κ2) is 11.4. The average molecular weight is 334 g/mol. The van der Waals surface area contributed by atoms with Gasteiger partial charge in [0.15, 0.2) is 0 Å². The standard InChI is InChI=1S/C19H26O5/c1-3-23-18(21)8-6-4-5-7-15(2)19(22)16-9-11-17(12-10-16)24-14-13-20/h4-6,8-12,15,19-20,22H,3,7,13-14H2,1-2H3/b5-4+,8-6+/t15-,19-/m0/s1. The molecule has 0 heterocycles. The normalized spacial score (nSPS) is 14.0. The van der Waals surface area contributed by atoms with Gasteiger partial charge in [0.05, 0.1) is 19.3 Å². The molecule has 1 aromatic rings. The second-order valence-corrected chi connectivity index (χ2v) is 5.34. The highest BCUT2D eigenvalue weighted by Gasteiger charge is 2.15. The second-order valence-electron chi connectivity index (χ2n) is 5.34. The molecule has 0 radical (unpaired) electrons. The van der Waals surface area contributed by atoms with Gasteiger partial charge in [0, 0.05) is 6.08 Å². The van der Waals surface area contributed by atoms with Crippen LogP contribution < -0.4 is 4.74 Å². The van der Waals surface area contributed by atoms with Gasteiger partial charge in [-0.3, -0.25) is 0 Å². The zero-order chi connectivity index (χ0) is 17.8. The third-order valence-electron chi connectivity index (χ3n) is 3.39. The number of ether oxygens (including phenoxy) is 2. The molecule has 0 fully saturated rings. The van der Waals surface area contributed by atoms with E-state index in [1.54, 1.807) is 31.2 Å². The van der Waals surface area contributed by atoms with Gasteiger partial charge in [-0.25, -0.2) is 4.79 Å². The summed E-state index contributed by atoms with van der Waals surface area (Å²) in [4.78, 5) is 11.1. The molecule has 0 bridgehead atoms. The molecule has 0 amide bonds. The van der Waals surface area contributed by atoms with Crippen molar-refractivity contribution in [1.82, 2.24) is 0 Å². The maximum absolute atomic E-state index is 11.1. The lowest BCUT2D eigenvalue weighted by molar-refractivity contribution is -0.137. The molecular weight excluding hydrogens is 308 g/mol. The molecule has 24 heavy (non-hydrogen) atoms. The fourth-order valence-corrected chi connectivity index (χ4v) is 2.08. The minimum atomic E-state index is -0.587. The van der Waals surface area contributed by atoms with Gasteiger partial charge < -0.3 is 19.7 Å². The smallest absolute Gasteiger partial charge is 0.330 e. The van der Waals surface area contributed by atoms with Crippen molar-refractivity contribution in [2.24, 2.45) is 5.92 Å². The lowest BCUT2D eigenvalue weighted by Gasteiger charge is -2.18. The number of aliphatic hydroxyl groups is 2. The topological polar surface area (TPSA) is 76.0 Å². The number of benzene rings is 1. The molecule has 0 aliphatic carbocycles. The van der Waals surface area contributed by atoms with Crippen molar-refractivity contribution in [3.63, 3.8) is 0 Å². The molecule has 0 saturated carbocycles. The highest BCUT2D eigenvalue weighted by atomic mass is 16.5. The van der Waals surface area contributed by atoms with Crippen LogP contribution in [0.5, 0.6) is 5.75 Å². The molecule has 132 valence electrons. The van der Waals surface area contributed by atoms with E-state index < -0.39 is 6.10 Å². The van der Waals surface area contributed by atoms with E-state index in [2.05, 4.69) is 0 Å². The van der Waals surface area contributed by atoms with Gasteiger partial charge in [-0.15, -0.1) is 0 Å². The van der Waals surface area contributed by atoms with Crippen LogP contribution in [0.2, 0.25) is 0 Å². The number of hydrogen-bond donors (Lipinski definition) is 2. The van der Waals surface area contributed by atoms with Crippen LogP contribution in [0.25, 0.3) is 0 Å². The molecule has 0 aliphatic heterocycles. The predicted octanol–water partition coefficient (Wildman–Crippen LogP) is 2.79. The van der Waals surface area contributed by atoms with Crippen LogP contribution in [-0.2, 0) is 9.53 Å². The Hall–Kier alpha value is -2.11. The van der Waals surface area contributed by atoms with Gasteiger partial charge in [0.1, 0.15) is 12.4 Å². The van der Waals surface area contributed by atoms with Gasteiger partial charge in [-0.05, 0) is 37.0 Å². The molecule has 0 spiro atoms. The zero-order valence-electron chi connectivity index (χ0n) is 14.2. The molecule has 1 rings (SSSR count). The molecule has 1 aromatic carbocycles. The lowest BCUT2D eigenvalue weighted by atomic mass is 9.94. The molecule has 2 atom stereocenters. The first-order chi connectivity index (χ1) is 11.6. The van der Waals surface area contributed by atoms with Crippen molar-refractivity contribution in [2.75, 3.05) is 19.8 Å². The Labute approximate surface area is 143 Å². The summed E-state index contributed by atoms with van der Waals surface area (Å²) in [5.41, 5.74) is 0.814. The number of rotatable bonds is 10. The van der Waals surface area contributed by atoms with Crippen molar-refractivity contribution in [2.45, 2.75) is 26.4 Å². The van der Waals surface area contributed by atoms with E-state index in [-0.39, 0.29) is 25.1 Å². The predicted molar refractivity (Wildman–Crippen MR) is 92.7 cm³/mol. The first-order valence-electron chi connectivity index (χ1n) is 8.10. The van der Waals surface area contributed by atoms with Gasteiger partial charge in [-0.2, -0.15) is 0 Å². The van der Waals surface area contributed by atoms with E-state index in [1.165, 1.54) is 6.08 Å². The molecule has 2 N–H and O–H groups in total. The van der Waals surface area contributed by atoms with Gasteiger partial charge in [0.2, 0.25) is 0 Å². The summed E-state index contributed by atoms with van der Waals surface area (Å²) in [7, 11) is 0. The number of aliphatic hydroxyl groups excluding tert-OH is 2. The third kappa shape index (κ3) is 7.44. The Bertz CT molecular complexity index is 533. The third-order valence-corrected chi connectivity index (χ3v) is 3.39. The maximum atomic E-state index is 11.1. The van der Waals surface area contributed by atoms with E-state index in [0.29, 0.717) is 18.8 Å². The summed E-state index contributed by atoms with van der Waals surface area (Å²) in [6.07, 6.45) is 6.76. The Kier molecular flexibility index (Phi) is 9.49. The minimum absolute atomic E-state index is 0.0291. The lowest BCUT2D eigenvalue weighted by Crippen LogP contribution is -2.08. The SMILES string of the molecule is CCOC(=O)/C=C/C=C/C[C@H](C)[C@H](O)c1ccc(OCCO)cc1. The van der Waals surface area contributed by atoms with Crippen molar-refractivity contribution in [3.8, 4) is 5.75 Å². The average Bonchev–Trinajstić information content (AvgIpc) is 2.59. The van der Waals surface area contributed by atoms with E-state index >= 15 is 0 Å². The van der Waals surface area contributed by atoms with E-state index in [1.807, 2.05) is 25.1 Å². The summed E-state index contributed by atoms with van der Waals surface area (Å²) in [6.45, 7) is 4.30. The first kappa shape index (κ1) is 19.9. The maximum Gasteiger partial charge on any atom is 0.330 e. The summed E-state index contributed by atoms with van der Waals surface area (Å²) in [5, 5.41) is 19.1. The van der Waals surface area contributed by atoms with Crippen molar-refractivity contribution >= 4 is 5.97 Å². The molecule has 0 aliphatic rings. The van der Waals surface area contributed by atoms with Crippen LogP contribution in [0.1, 0.15) is 31.9 Å². The fourth-order valence-electron chi connectivity index (χ4n) is 2.08. The molecule has 0 unspecified atom stereocenters. The van der Waals surface area contributed by atoms with Crippen molar-refractivity contribution in [1.29, 1.82) is 0 Å². The Morgan fingerprint density at radius 1 is 1.25 bits per heavy atom. The summed E-state index contributed by atoms with van der Waals surface area (Å²) in [6, 6.07) is 7.19. The van der Waals surface area contributed by atoms with Gasteiger partial charge in [-0.1, -0.05) is 37.3 Å². The summed E-state index contributed by atoms with van der Waals surface area (Å²) < 4.78 is 10.1. The molecule has 0 aromatic heterocycles. The highest BCUT2D eigenvalue weighted by molar-refractivity contribution is 5.82. The minimum Gasteiger partial charge on any atom is -0.491 e. The van der Waals surface area contributed by atoms with Crippen LogP contribution in [0, 0.1) is 5.92 Å². The van der Waals surface area contributed by atoms with Crippen molar-refractivity contribution < 1.29 is 24.5 Å². The Morgan fingerprint density at radius 3 is 2.58 bits per heavy atom. The summed E-state index contributed by atoms with van der Waals surface area (Å²) >= 11 is 0. The largest absolute Gasteiger partial charge is 0.491 e. The monoisotopic (exact) mass is 334 g/mol. The van der Waals surface area contributed by atoms with Crippen molar-refractivity contribution in [3.05, 3.63) is 54.1 Å².